The molecule has 0 radical (unpaired) electrons. The van der Waals surface area contributed by atoms with Crippen molar-refractivity contribution in [2.45, 2.75) is 24.4 Å². The summed E-state index contributed by atoms with van der Waals surface area (Å²) in [7, 11) is 0. The predicted octanol–water partition coefficient (Wildman–Crippen LogP) is -0.423. The highest BCUT2D eigenvalue weighted by atomic mass is 32.2. The van der Waals surface area contributed by atoms with Gasteiger partial charge in [-0.2, -0.15) is 11.8 Å². The van der Waals surface area contributed by atoms with Gasteiger partial charge in [0.2, 0.25) is 0 Å². The van der Waals surface area contributed by atoms with E-state index in [1.54, 1.807) is 0 Å². The van der Waals surface area contributed by atoms with Crippen LogP contribution in [0.4, 0.5) is 0 Å². The van der Waals surface area contributed by atoms with Crippen molar-refractivity contribution >= 4 is 11.8 Å². The second kappa shape index (κ2) is 14.8. The molecule has 0 spiro atoms. The molecule has 0 bridgehead atoms. The molecule has 4 unspecified atom stereocenters. The molecule has 0 aromatic heterocycles. The van der Waals surface area contributed by atoms with Crippen molar-refractivity contribution in [3.63, 3.8) is 0 Å². The van der Waals surface area contributed by atoms with Crippen molar-refractivity contribution in [2.24, 2.45) is 5.41 Å². The number of epoxide rings is 3. The molecule has 4 atom stereocenters. The highest BCUT2D eigenvalue weighted by molar-refractivity contribution is 7.98. The molecule has 0 aromatic rings. The van der Waals surface area contributed by atoms with E-state index in [2.05, 4.69) is 16.1 Å². The fourth-order valence-corrected chi connectivity index (χ4v) is 4.58. The number of ether oxygens (including phenoxy) is 7. The molecule has 0 aliphatic carbocycles. The zero-order valence-electron chi connectivity index (χ0n) is 21.1. The fraction of sp³-hybridized carbons (Fsp3) is 1.00. The quantitative estimate of drug-likeness (QED) is 0.200. The predicted molar refractivity (Wildman–Crippen MR) is 132 cm³/mol. The molecule has 1 N–H and O–H groups in total. The van der Waals surface area contributed by atoms with Crippen LogP contribution in [0.25, 0.3) is 0 Å². The van der Waals surface area contributed by atoms with Crippen molar-refractivity contribution in [1.29, 1.82) is 0 Å². The maximum atomic E-state index is 10.7. The smallest absolute Gasteiger partial charge is 0.104 e. The van der Waals surface area contributed by atoms with E-state index in [0.717, 1.165) is 52.5 Å². The lowest BCUT2D eigenvalue weighted by molar-refractivity contribution is -0.118. The third-order valence-electron chi connectivity index (χ3n) is 6.61. The molecule has 4 rings (SSSR count). The lowest BCUT2D eigenvalue weighted by Gasteiger charge is -2.36. The Morgan fingerprint density at radius 2 is 1.26 bits per heavy atom. The van der Waals surface area contributed by atoms with E-state index in [1.165, 1.54) is 5.75 Å². The van der Waals surface area contributed by atoms with Crippen LogP contribution in [0.1, 0.15) is 0 Å². The van der Waals surface area contributed by atoms with Crippen LogP contribution in [0.15, 0.2) is 0 Å². The van der Waals surface area contributed by atoms with E-state index in [0.29, 0.717) is 52.8 Å². The molecular formula is C24H44N2O8S. The first kappa shape index (κ1) is 28.0. The molecule has 204 valence electrons. The minimum Gasteiger partial charge on any atom is -0.389 e. The topological polar surface area (TPSA) is 101 Å². The fourth-order valence-electron chi connectivity index (χ4n) is 4.14. The number of β-amino-alcohol motifs (C(OH)–C–C–N with tert-alkyl or cyclic N) is 1. The monoisotopic (exact) mass is 520 g/mol. The van der Waals surface area contributed by atoms with Gasteiger partial charge in [-0.3, -0.25) is 9.80 Å². The Kier molecular flexibility index (Phi) is 11.8. The van der Waals surface area contributed by atoms with E-state index in [9.17, 15) is 5.11 Å². The number of aliphatic hydroxyl groups excluding tert-OH is 1. The molecule has 0 amide bonds. The first-order valence-electron chi connectivity index (χ1n) is 12.9. The molecule has 4 fully saturated rings. The maximum absolute atomic E-state index is 10.7. The summed E-state index contributed by atoms with van der Waals surface area (Å²) in [5.74, 6) is 1.17. The Labute approximate surface area is 213 Å². The number of thioether (sulfide) groups is 1. The van der Waals surface area contributed by atoms with Gasteiger partial charge in [-0.1, -0.05) is 0 Å². The lowest BCUT2D eigenvalue weighted by atomic mass is 9.92. The van der Waals surface area contributed by atoms with Gasteiger partial charge in [0.1, 0.15) is 18.3 Å². The summed E-state index contributed by atoms with van der Waals surface area (Å²) in [6.45, 7) is 11.8. The van der Waals surface area contributed by atoms with Gasteiger partial charge < -0.3 is 38.3 Å². The van der Waals surface area contributed by atoms with Crippen molar-refractivity contribution < 1.29 is 38.3 Å². The Hall–Kier alpha value is -0.0500. The van der Waals surface area contributed by atoms with Gasteiger partial charge in [-0.05, 0) is 6.26 Å². The van der Waals surface area contributed by atoms with Crippen LogP contribution in [0, 0.1) is 5.41 Å². The molecular weight excluding hydrogens is 476 g/mol. The van der Waals surface area contributed by atoms with Crippen LogP contribution in [0.3, 0.4) is 0 Å². The van der Waals surface area contributed by atoms with Gasteiger partial charge in [0.25, 0.3) is 0 Å². The number of hydrogen-bond acceptors (Lipinski definition) is 11. The SMILES string of the molecule is CSCCN1CCN(CC(O)COCC(COCC2CO2)(COCC2CO2)COCC2CO2)CC1. The summed E-state index contributed by atoms with van der Waals surface area (Å²) >= 11 is 1.89. The molecule has 4 heterocycles. The van der Waals surface area contributed by atoms with Crippen LogP contribution < -0.4 is 0 Å². The van der Waals surface area contributed by atoms with Crippen LogP contribution >= 0.6 is 11.8 Å². The molecule has 35 heavy (non-hydrogen) atoms. The van der Waals surface area contributed by atoms with E-state index < -0.39 is 11.5 Å². The number of nitrogens with zero attached hydrogens (tertiary/aromatic N) is 2. The van der Waals surface area contributed by atoms with E-state index >= 15 is 0 Å². The first-order chi connectivity index (χ1) is 17.1. The number of piperazine rings is 1. The highest BCUT2D eigenvalue weighted by Crippen LogP contribution is 2.24. The van der Waals surface area contributed by atoms with Gasteiger partial charge in [0.05, 0.1) is 84.2 Å². The lowest BCUT2D eigenvalue weighted by Crippen LogP contribution is -2.49. The molecule has 10 nitrogen and oxygen atoms in total. The van der Waals surface area contributed by atoms with Crippen molar-refractivity contribution in [3.05, 3.63) is 0 Å². The third-order valence-corrected chi connectivity index (χ3v) is 7.20. The Balaban J connectivity index is 1.20. The van der Waals surface area contributed by atoms with Gasteiger partial charge in [0, 0.05) is 45.0 Å². The zero-order valence-corrected chi connectivity index (χ0v) is 22.0. The minimum atomic E-state index is -0.534. The molecule has 4 aliphatic heterocycles. The molecule has 4 saturated heterocycles. The van der Waals surface area contributed by atoms with Gasteiger partial charge >= 0.3 is 0 Å². The molecule has 0 aromatic carbocycles. The Bertz CT molecular complexity index is 540. The van der Waals surface area contributed by atoms with Crippen LogP contribution in [0.5, 0.6) is 0 Å². The van der Waals surface area contributed by atoms with Crippen LogP contribution in [-0.4, -0.2) is 163 Å². The molecule has 4 aliphatic rings. The standard InChI is InChI=1S/C24H44N2O8S/c1-35-7-6-25-2-4-26(5-3-25)8-20(27)9-28-16-24(17-29-10-21-13-32-21,18-30-11-22-14-33-22)19-31-12-23-15-34-23/h20-23,27H,2-19H2,1H3. The Morgan fingerprint density at radius 3 is 1.71 bits per heavy atom. The van der Waals surface area contributed by atoms with Crippen molar-refractivity contribution in [1.82, 2.24) is 9.80 Å². The second-order valence-corrected chi connectivity index (χ2v) is 11.2. The average molecular weight is 521 g/mol. The maximum Gasteiger partial charge on any atom is 0.104 e. The van der Waals surface area contributed by atoms with Crippen molar-refractivity contribution in [3.8, 4) is 0 Å². The van der Waals surface area contributed by atoms with Crippen LogP contribution in [0.2, 0.25) is 0 Å². The third kappa shape index (κ3) is 11.5. The van der Waals surface area contributed by atoms with Crippen LogP contribution in [-0.2, 0) is 33.2 Å². The van der Waals surface area contributed by atoms with Crippen molar-refractivity contribution in [2.75, 3.05) is 124 Å². The van der Waals surface area contributed by atoms with E-state index in [4.69, 9.17) is 33.2 Å². The van der Waals surface area contributed by atoms with E-state index in [1.807, 2.05) is 11.8 Å². The normalized spacial score (nSPS) is 29.1. The van der Waals surface area contributed by atoms with Gasteiger partial charge in [0.15, 0.2) is 0 Å². The summed E-state index contributed by atoms with van der Waals surface area (Å²) in [6.07, 6.45) is 2.19. The first-order valence-corrected chi connectivity index (χ1v) is 14.3. The summed E-state index contributed by atoms with van der Waals surface area (Å²) in [4.78, 5) is 4.82. The van der Waals surface area contributed by atoms with Gasteiger partial charge in [-0.15, -0.1) is 0 Å². The second-order valence-electron chi connectivity index (χ2n) is 10.2. The average Bonchev–Trinajstić information content (AvgIpc) is 3.67. The van der Waals surface area contributed by atoms with Gasteiger partial charge in [-0.25, -0.2) is 0 Å². The summed E-state index contributed by atoms with van der Waals surface area (Å²) < 4.78 is 39.9. The molecule has 0 saturated carbocycles. The summed E-state index contributed by atoms with van der Waals surface area (Å²) in [5.41, 5.74) is -0.471. The number of hydrogen-bond donors (Lipinski definition) is 1. The van der Waals surface area contributed by atoms with E-state index in [-0.39, 0.29) is 24.9 Å². The zero-order chi connectivity index (χ0) is 24.3. The minimum absolute atomic E-state index is 0.193. The largest absolute Gasteiger partial charge is 0.389 e. The number of aliphatic hydroxyl groups is 1. The molecule has 11 heteroatoms. The summed E-state index contributed by atoms with van der Waals surface area (Å²) in [5, 5.41) is 10.7. The summed E-state index contributed by atoms with van der Waals surface area (Å²) in [6, 6.07) is 0. The number of rotatable bonds is 21. The Morgan fingerprint density at radius 1 is 0.800 bits per heavy atom. The highest BCUT2D eigenvalue weighted by Gasteiger charge is 2.36.